The molecule has 1 aliphatic carbocycles. The first-order valence-electron chi connectivity index (χ1n) is 12.7. The number of rotatable bonds is 0. The van der Waals surface area contributed by atoms with Crippen molar-refractivity contribution in [3.8, 4) is 11.1 Å². The molecular weight excluding hydrogens is 444 g/mol. The molecule has 0 bridgehead atoms. The second-order valence-electron chi connectivity index (χ2n) is 8.77. The van der Waals surface area contributed by atoms with Gasteiger partial charge in [0.05, 0.1) is 11.1 Å². The molecule has 1 heterocycles. The summed E-state index contributed by atoms with van der Waals surface area (Å²) in [6.45, 7) is 8.00. The van der Waals surface area contributed by atoms with Gasteiger partial charge in [-0.1, -0.05) is 88.4 Å². The highest BCUT2D eigenvalue weighted by atomic mass is 16.6. The molecular formula is C33H26O3. The van der Waals surface area contributed by atoms with E-state index in [9.17, 15) is 9.59 Å². The Bertz CT molecular complexity index is 1790. The molecule has 176 valence electrons. The summed E-state index contributed by atoms with van der Waals surface area (Å²) in [5, 5.41) is 8.70. The zero-order valence-electron chi connectivity index (χ0n) is 20.9. The van der Waals surface area contributed by atoms with E-state index in [1.165, 1.54) is 33.0 Å². The Morgan fingerprint density at radius 1 is 0.472 bits per heavy atom. The van der Waals surface area contributed by atoms with E-state index in [0.717, 1.165) is 33.4 Å². The van der Waals surface area contributed by atoms with Gasteiger partial charge >= 0.3 is 11.9 Å². The van der Waals surface area contributed by atoms with E-state index < -0.39 is 11.9 Å². The van der Waals surface area contributed by atoms with Crippen molar-refractivity contribution in [3.05, 3.63) is 95.1 Å². The zero-order valence-corrected chi connectivity index (χ0v) is 20.9. The summed E-state index contributed by atoms with van der Waals surface area (Å²) in [4.78, 5) is 24.9. The Morgan fingerprint density at radius 3 is 1.58 bits per heavy atom. The van der Waals surface area contributed by atoms with Crippen molar-refractivity contribution in [2.24, 2.45) is 0 Å². The summed E-state index contributed by atoms with van der Waals surface area (Å²) in [5.41, 5.74) is 6.19. The molecule has 3 nitrogen and oxygen atoms in total. The van der Waals surface area contributed by atoms with Crippen molar-refractivity contribution >= 4 is 55.0 Å². The Morgan fingerprint density at radius 2 is 0.972 bits per heavy atom. The normalized spacial score (nSPS) is 13.2. The maximum Gasteiger partial charge on any atom is 0.346 e. The number of fused-ring (bicyclic) bond motifs is 4. The van der Waals surface area contributed by atoms with Crippen molar-refractivity contribution in [1.82, 2.24) is 0 Å². The molecule has 0 saturated carbocycles. The zero-order chi connectivity index (χ0) is 25.1. The summed E-state index contributed by atoms with van der Waals surface area (Å²) < 4.78 is 4.97. The van der Waals surface area contributed by atoms with E-state index in [4.69, 9.17) is 4.74 Å². The fraction of sp³-hybridized carbons (Fsp3) is 0.152. The molecule has 0 saturated heterocycles. The first-order chi connectivity index (χ1) is 17.7. The Balaban J connectivity index is 0.000000575. The quantitative estimate of drug-likeness (QED) is 0.0964. The third-order valence-electron chi connectivity index (χ3n) is 7.30. The third kappa shape index (κ3) is 2.74. The van der Waals surface area contributed by atoms with Crippen LogP contribution in [0, 0.1) is 0 Å². The molecule has 0 unspecified atom stereocenters. The van der Waals surface area contributed by atoms with Gasteiger partial charge in [-0.3, -0.25) is 0 Å². The van der Waals surface area contributed by atoms with E-state index in [1.807, 2.05) is 39.8 Å². The summed E-state index contributed by atoms with van der Waals surface area (Å²) in [7, 11) is 0. The van der Waals surface area contributed by atoms with E-state index in [-0.39, 0.29) is 0 Å². The Hall–Kier alpha value is -4.24. The first kappa shape index (κ1) is 22.2. The molecule has 0 fully saturated rings. The molecule has 0 atom stereocenters. The van der Waals surface area contributed by atoms with Crippen LogP contribution in [0.15, 0.2) is 72.8 Å². The summed E-state index contributed by atoms with van der Waals surface area (Å²) in [5.74, 6) is -1.14. The van der Waals surface area contributed by atoms with Crippen molar-refractivity contribution in [2.75, 3.05) is 0 Å². The molecule has 6 aromatic carbocycles. The van der Waals surface area contributed by atoms with Crippen LogP contribution >= 0.6 is 0 Å². The first-order valence-corrected chi connectivity index (χ1v) is 12.7. The number of ether oxygens (including phenoxy) is 1. The minimum atomic E-state index is -0.571. The molecule has 0 amide bonds. The minimum absolute atomic E-state index is 0.461. The highest BCUT2D eigenvalue weighted by Gasteiger charge is 2.30. The molecule has 0 N–H and O–H groups in total. The van der Waals surface area contributed by atoms with Crippen molar-refractivity contribution in [3.63, 3.8) is 0 Å². The van der Waals surface area contributed by atoms with Gasteiger partial charge in [0.2, 0.25) is 0 Å². The smallest absolute Gasteiger partial charge is 0.346 e. The molecule has 1 aliphatic heterocycles. The van der Waals surface area contributed by atoms with Crippen LogP contribution in [0.25, 0.3) is 54.2 Å². The largest absolute Gasteiger partial charge is 0.386 e. The fourth-order valence-corrected chi connectivity index (χ4v) is 6.01. The lowest BCUT2D eigenvalue weighted by Gasteiger charge is -2.25. The van der Waals surface area contributed by atoms with Crippen molar-refractivity contribution in [1.29, 1.82) is 0 Å². The van der Waals surface area contributed by atoms with Crippen LogP contribution in [0.1, 0.15) is 59.5 Å². The minimum Gasteiger partial charge on any atom is -0.386 e. The van der Waals surface area contributed by atoms with Gasteiger partial charge in [-0.15, -0.1) is 0 Å². The standard InChI is InChI=1S/C29H14O3.2C2H6/c30-28-22-11-9-20-18-6-5-15-13-14-3-1-2-4-16(14)17-7-8-19(25(18)24(15)17)21-10-12-23(29(31)32-28)27(22)26(20)21;2*1-2/h1-12H,13H2;2*1-2H3. The molecule has 36 heavy (non-hydrogen) atoms. The van der Waals surface area contributed by atoms with E-state index >= 15 is 0 Å². The summed E-state index contributed by atoms with van der Waals surface area (Å²) in [6, 6.07) is 25.1. The van der Waals surface area contributed by atoms with Crippen LogP contribution < -0.4 is 0 Å². The van der Waals surface area contributed by atoms with Crippen molar-refractivity contribution < 1.29 is 14.3 Å². The number of cyclic esters (lactones) is 2. The van der Waals surface area contributed by atoms with Gasteiger partial charge in [0.15, 0.2) is 0 Å². The molecule has 3 heteroatoms. The van der Waals surface area contributed by atoms with Crippen LogP contribution in [-0.4, -0.2) is 11.9 Å². The van der Waals surface area contributed by atoms with E-state index in [0.29, 0.717) is 16.5 Å². The van der Waals surface area contributed by atoms with Gasteiger partial charge in [0.25, 0.3) is 0 Å². The summed E-state index contributed by atoms with van der Waals surface area (Å²) in [6.07, 6.45) is 0.921. The summed E-state index contributed by atoms with van der Waals surface area (Å²) >= 11 is 0. The average Bonchev–Trinajstić information content (AvgIpc) is 2.94. The van der Waals surface area contributed by atoms with E-state index in [1.54, 1.807) is 12.1 Å². The second kappa shape index (κ2) is 8.17. The van der Waals surface area contributed by atoms with Gasteiger partial charge in [-0.2, -0.15) is 0 Å². The van der Waals surface area contributed by atoms with E-state index in [2.05, 4.69) is 48.5 Å². The maximum absolute atomic E-state index is 12.5. The number of hydrogen-bond donors (Lipinski definition) is 0. The number of carbonyl (C=O) groups excluding carboxylic acids is 2. The molecule has 6 aromatic rings. The Labute approximate surface area is 209 Å². The van der Waals surface area contributed by atoms with Crippen molar-refractivity contribution in [2.45, 2.75) is 34.1 Å². The molecule has 0 radical (unpaired) electrons. The van der Waals surface area contributed by atoms with Gasteiger partial charge in [0, 0.05) is 5.39 Å². The number of carbonyl (C=O) groups is 2. The van der Waals surface area contributed by atoms with Crippen LogP contribution in [0.3, 0.4) is 0 Å². The molecule has 0 aromatic heterocycles. The topological polar surface area (TPSA) is 43.4 Å². The highest BCUT2D eigenvalue weighted by Crippen LogP contribution is 2.48. The molecule has 8 rings (SSSR count). The molecule has 2 aliphatic rings. The fourth-order valence-electron chi connectivity index (χ4n) is 6.01. The predicted octanol–water partition coefficient (Wildman–Crippen LogP) is 8.67. The third-order valence-corrected chi connectivity index (χ3v) is 7.30. The molecule has 0 spiro atoms. The SMILES string of the molecule is CC.CC.O=C1OC(=O)c2ccc3c4ccc5c6c(ccc(c7ccc1c2c73)c64)Cc1ccccc1-5. The lowest BCUT2D eigenvalue weighted by atomic mass is 9.79. The monoisotopic (exact) mass is 470 g/mol. The van der Waals surface area contributed by atoms with Gasteiger partial charge in [0.1, 0.15) is 0 Å². The lowest BCUT2D eigenvalue weighted by Crippen LogP contribution is -2.19. The highest BCUT2D eigenvalue weighted by molar-refractivity contribution is 6.38. The van der Waals surface area contributed by atoms with Gasteiger partial charge < -0.3 is 4.74 Å². The second-order valence-corrected chi connectivity index (χ2v) is 8.77. The lowest BCUT2D eigenvalue weighted by molar-refractivity contribution is 0.0391. The number of hydrogen-bond acceptors (Lipinski definition) is 3. The van der Waals surface area contributed by atoms with Crippen LogP contribution in [0.5, 0.6) is 0 Å². The number of benzene rings is 6. The van der Waals surface area contributed by atoms with Crippen LogP contribution in [0.4, 0.5) is 0 Å². The van der Waals surface area contributed by atoms with Gasteiger partial charge in [-0.05, 0) is 78.5 Å². The van der Waals surface area contributed by atoms with Crippen LogP contribution in [0.2, 0.25) is 0 Å². The van der Waals surface area contributed by atoms with Crippen LogP contribution in [-0.2, 0) is 11.2 Å². The van der Waals surface area contributed by atoms with Gasteiger partial charge in [-0.25, -0.2) is 9.59 Å². The predicted molar refractivity (Wildman–Crippen MR) is 148 cm³/mol. The Kier molecular flexibility index (Phi) is 5.04. The maximum atomic E-state index is 12.5. The average molecular weight is 471 g/mol. The number of esters is 2.